The minimum atomic E-state index is -0.412. The van der Waals surface area contributed by atoms with Gasteiger partial charge >= 0.3 is 0 Å². The third kappa shape index (κ3) is 2.23. The van der Waals surface area contributed by atoms with E-state index in [1.165, 1.54) is 6.07 Å². The fourth-order valence-electron chi connectivity index (χ4n) is 1.40. The van der Waals surface area contributed by atoms with Gasteiger partial charge in [0.1, 0.15) is 5.82 Å². The van der Waals surface area contributed by atoms with Gasteiger partial charge in [0, 0.05) is 6.04 Å². The maximum Gasteiger partial charge on any atom is 0.142 e. The Labute approximate surface area is 88.2 Å². The van der Waals surface area contributed by atoms with Crippen molar-refractivity contribution in [3.8, 4) is 0 Å². The van der Waals surface area contributed by atoms with Crippen molar-refractivity contribution in [1.29, 1.82) is 0 Å². The standard InChI is InChI=1S/C10H14ClFN2/c1-6(2)10(14-13)7-4-3-5-8(12)9(7)11/h3-6,10,14H,13H2,1-2H3. The van der Waals surface area contributed by atoms with Gasteiger partial charge in [-0.1, -0.05) is 37.6 Å². The average Bonchev–Trinajstić information content (AvgIpc) is 2.13. The Morgan fingerprint density at radius 1 is 1.43 bits per heavy atom. The molecule has 0 aromatic heterocycles. The fourth-order valence-corrected chi connectivity index (χ4v) is 1.65. The largest absolute Gasteiger partial charge is 0.271 e. The molecule has 0 heterocycles. The lowest BCUT2D eigenvalue weighted by Gasteiger charge is -2.21. The summed E-state index contributed by atoms with van der Waals surface area (Å²) in [5.41, 5.74) is 3.33. The van der Waals surface area contributed by atoms with Crippen LogP contribution in [0.1, 0.15) is 25.5 Å². The Balaban J connectivity index is 3.10. The van der Waals surface area contributed by atoms with Crippen LogP contribution in [-0.2, 0) is 0 Å². The molecule has 4 heteroatoms. The third-order valence-electron chi connectivity index (χ3n) is 2.16. The van der Waals surface area contributed by atoms with Crippen LogP contribution < -0.4 is 11.3 Å². The summed E-state index contributed by atoms with van der Waals surface area (Å²) < 4.78 is 13.1. The van der Waals surface area contributed by atoms with E-state index in [1.54, 1.807) is 12.1 Å². The quantitative estimate of drug-likeness (QED) is 0.602. The second-order valence-corrected chi connectivity index (χ2v) is 3.91. The number of rotatable bonds is 3. The normalized spacial score (nSPS) is 13.3. The molecule has 78 valence electrons. The summed E-state index contributed by atoms with van der Waals surface area (Å²) in [5.74, 6) is 5.23. The van der Waals surface area contributed by atoms with E-state index in [4.69, 9.17) is 17.4 Å². The number of hydrazine groups is 1. The van der Waals surface area contributed by atoms with Crippen LogP contribution in [0, 0.1) is 11.7 Å². The highest BCUT2D eigenvalue weighted by atomic mass is 35.5. The van der Waals surface area contributed by atoms with E-state index in [0.717, 1.165) is 0 Å². The molecule has 0 aliphatic heterocycles. The number of hydrogen-bond acceptors (Lipinski definition) is 2. The summed E-state index contributed by atoms with van der Waals surface area (Å²) in [5, 5.41) is 0.143. The van der Waals surface area contributed by atoms with Crippen molar-refractivity contribution in [2.24, 2.45) is 11.8 Å². The molecule has 1 unspecified atom stereocenters. The zero-order valence-electron chi connectivity index (χ0n) is 8.22. The van der Waals surface area contributed by atoms with Crippen LogP contribution >= 0.6 is 11.6 Å². The lowest BCUT2D eigenvalue weighted by atomic mass is 9.96. The molecule has 0 fully saturated rings. The Hall–Kier alpha value is -0.640. The van der Waals surface area contributed by atoms with Crippen LogP contribution in [0.4, 0.5) is 4.39 Å². The Kier molecular flexibility index (Phi) is 3.86. The molecule has 0 amide bonds. The lowest BCUT2D eigenvalue weighted by molar-refractivity contribution is 0.419. The van der Waals surface area contributed by atoms with Crippen molar-refractivity contribution in [3.63, 3.8) is 0 Å². The number of nitrogens with two attached hydrogens (primary N) is 1. The second kappa shape index (κ2) is 4.73. The first kappa shape index (κ1) is 11.4. The Morgan fingerprint density at radius 2 is 2.07 bits per heavy atom. The van der Waals surface area contributed by atoms with Gasteiger partial charge < -0.3 is 0 Å². The molecule has 0 radical (unpaired) electrons. The second-order valence-electron chi connectivity index (χ2n) is 3.53. The van der Waals surface area contributed by atoms with Gasteiger partial charge in [-0.25, -0.2) is 4.39 Å². The number of benzene rings is 1. The van der Waals surface area contributed by atoms with Crippen LogP contribution in [0.15, 0.2) is 18.2 Å². The molecule has 1 atom stereocenters. The van der Waals surface area contributed by atoms with Crippen LogP contribution in [-0.4, -0.2) is 0 Å². The van der Waals surface area contributed by atoms with Crippen molar-refractivity contribution in [2.75, 3.05) is 0 Å². The van der Waals surface area contributed by atoms with E-state index in [-0.39, 0.29) is 17.0 Å². The number of hydrogen-bond donors (Lipinski definition) is 2. The summed E-state index contributed by atoms with van der Waals surface area (Å²) in [7, 11) is 0. The fraction of sp³-hybridized carbons (Fsp3) is 0.400. The van der Waals surface area contributed by atoms with Gasteiger partial charge in [-0.3, -0.25) is 11.3 Å². The highest BCUT2D eigenvalue weighted by molar-refractivity contribution is 6.31. The lowest BCUT2D eigenvalue weighted by Crippen LogP contribution is -2.31. The first-order chi connectivity index (χ1) is 6.57. The van der Waals surface area contributed by atoms with E-state index in [0.29, 0.717) is 5.56 Å². The predicted octanol–water partition coefficient (Wildman–Crippen LogP) is 2.64. The van der Waals surface area contributed by atoms with Crippen LogP contribution in [0.5, 0.6) is 0 Å². The Morgan fingerprint density at radius 3 is 2.57 bits per heavy atom. The van der Waals surface area contributed by atoms with Gasteiger partial charge in [0.25, 0.3) is 0 Å². The number of nitrogens with one attached hydrogen (secondary N) is 1. The van der Waals surface area contributed by atoms with Gasteiger partial charge in [-0.2, -0.15) is 0 Å². The summed E-state index contributed by atoms with van der Waals surface area (Å²) in [6.45, 7) is 3.98. The van der Waals surface area contributed by atoms with Crippen LogP contribution in [0.3, 0.4) is 0 Å². The van der Waals surface area contributed by atoms with Gasteiger partial charge in [-0.05, 0) is 17.5 Å². The Bertz CT molecular complexity index is 315. The summed E-state index contributed by atoms with van der Waals surface area (Å²) in [6, 6.07) is 4.61. The molecule has 0 aliphatic rings. The maximum atomic E-state index is 13.1. The number of halogens is 2. The molecular formula is C10H14ClFN2. The molecule has 2 nitrogen and oxygen atoms in total. The van der Waals surface area contributed by atoms with E-state index < -0.39 is 5.82 Å². The van der Waals surface area contributed by atoms with E-state index in [9.17, 15) is 4.39 Å². The third-order valence-corrected chi connectivity index (χ3v) is 2.56. The topological polar surface area (TPSA) is 38.0 Å². The molecular weight excluding hydrogens is 203 g/mol. The van der Waals surface area contributed by atoms with Gasteiger partial charge in [0.05, 0.1) is 5.02 Å². The van der Waals surface area contributed by atoms with Crippen molar-refractivity contribution in [1.82, 2.24) is 5.43 Å². The highest BCUT2D eigenvalue weighted by Crippen LogP contribution is 2.29. The van der Waals surface area contributed by atoms with Crippen LogP contribution in [0.2, 0.25) is 5.02 Å². The monoisotopic (exact) mass is 216 g/mol. The van der Waals surface area contributed by atoms with Crippen molar-refractivity contribution in [2.45, 2.75) is 19.9 Å². The highest BCUT2D eigenvalue weighted by Gasteiger charge is 2.18. The molecule has 0 bridgehead atoms. The molecule has 1 aromatic rings. The maximum absolute atomic E-state index is 13.1. The van der Waals surface area contributed by atoms with Gasteiger partial charge in [0.15, 0.2) is 0 Å². The van der Waals surface area contributed by atoms with Gasteiger partial charge in [0.2, 0.25) is 0 Å². The van der Waals surface area contributed by atoms with Crippen molar-refractivity contribution in [3.05, 3.63) is 34.6 Å². The molecule has 14 heavy (non-hydrogen) atoms. The molecule has 3 N–H and O–H groups in total. The SMILES string of the molecule is CC(C)C(NN)c1cccc(F)c1Cl. The molecule has 0 saturated heterocycles. The molecule has 1 aromatic carbocycles. The minimum absolute atomic E-state index is 0.127. The van der Waals surface area contributed by atoms with E-state index >= 15 is 0 Å². The summed E-state index contributed by atoms with van der Waals surface area (Å²) >= 11 is 5.84. The van der Waals surface area contributed by atoms with Crippen molar-refractivity contribution < 1.29 is 4.39 Å². The van der Waals surface area contributed by atoms with Gasteiger partial charge in [-0.15, -0.1) is 0 Å². The first-order valence-corrected chi connectivity index (χ1v) is 4.85. The summed E-state index contributed by atoms with van der Waals surface area (Å²) in [4.78, 5) is 0. The minimum Gasteiger partial charge on any atom is -0.271 e. The summed E-state index contributed by atoms with van der Waals surface area (Å²) in [6.07, 6.45) is 0. The van der Waals surface area contributed by atoms with E-state index in [1.807, 2.05) is 13.8 Å². The first-order valence-electron chi connectivity index (χ1n) is 4.48. The molecule has 1 rings (SSSR count). The molecule has 0 saturated carbocycles. The zero-order chi connectivity index (χ0) is 10.7. The molecule has 0 aliphatic carbocycles. The zero-order valence-corrected chi connectivity index (χ0v) is 8.98. The average molecular weight is 217 g/mol. The van der Waals surface area contributed by atoms with E-state index in [2.05, 4.69) is 5.43 Å². The smallest absolute Gasteiger partial charge is 0.142 e. The predicted molar refractivity (Wildman–Crippen MR) is 56.3 cm³/mol. The van der Waals surface area contributed by atoms with Crippen LogP contribution in [0.25, 0.3) is 0 Å². The van der Waals surface area contributed by atoms with Crippen molar-refractivity contribution >= 4 is 11.6 Å². The molecule has 0 spiro atoms.